The van der Waals surface area contributed by atoms with Gasteiger partial charge in [0.2, 0.25) is 0 Å². The summed E-state index contributed by atoms with van der Waals surface area (Å²) < 4.78 is 5.35. The number of aliphatic hydroxyl groups excluding tert-OH is 1. The van der Waals surface area contributed by atoms with E-state index in [9.17, 15) is 15.0 Å². The number of hydrogen-bond donors (Lipinski definition) is 2. The zero-order valence-electron chi connectivity index (χ0n) is 12.7. The molecule has 1 aliphatic heterocycles. The molecule has 0 amide bonds. The largest absolute Gasteiger partial charge is 0.496 e. The third kappa shape index (κ3) is 3.36. The third-order valence-electron chi connectivity index (χ3n) is 3.92. The fraction of sp³-hybridized carbons (Fsp3) is 0.375. The van der Waals surface area contributed by atoms with Gasteiger partial charge in [-0.25, -0.2) is 4.98 Å². The molecule has 0 saturated carbocycles. The molecule has 2 N–H and O–H groups in total. The van der Waals surface area contributed by atoms with E-state index in [0.717, 1.165) is 21.2 Å². The average Bonchev–Trinajstić information content (AvgIpc) is 3.14. The SMILES string of the molecule is COc1ccccc1-c1ncc(CN2C[C@H](O)C[C@H]2C(=O)O)s1. The predicted molar refractivity (Wildman–Crippen MR) is 86.6 cm³/mol. The molecular formula is C16H18N2O4S. The Labute approximate surface area is 138 Å². The van der Waals surface area contributed by atoms with E-state index >= 15 is 0 Å². The molecule has 1 aliphatic rings. The summed E-state index contributed by atoms with van der Waals surface area (Å²) in [5.41, 5.74) is 0.919. The summed E-state index contributed by atoms with van der Waals surface area (Å²) in [6.07, 6.45) is 1.45. The van der Waals surface area contributed by atoms with Gasteiger partial charge in [0.05, 0.1) is 18.8 Å². The molecule has 2 aromatic rings. The number of likely N-dealkylation sites (tertiary alicyclic amines) is 1. The maximum Gasteiger partial charge on any atom is 0.321 e. The van der Waals surface area contributed by atoms with Crippen molar-refractivity contribution in [3.05, 3.63) is 35.3 Å². The normalized spacial score (nSPS) is 21.5. The number of carbonyl (C=O) groups is 1. The molecule has 23 heavy (non-hydrogen) atoms. The number of carboxylic acids is 1. The molecule has 1 saturated heterocycles. The summed E-state index contributed by atoms with van der Waals surface area (Å²) in [5, 5.41) is 19.8. The van der Waals surface area contributed by atoms with Crippen molar-refractivity contribution in [2.24, 2.45) is 0 Å². The summed E-state index contributed by atoms with van der Waals surface area (Å²) in [7, 11) is 1.62. The van der Waals surface area contributed by atoms with Gasteiger partial charge >= 0.3 is 5.97 Å². The molecule has 0 bridgehead atoms. The minimum Gasteiger partial charge on any atom is -0.496 e. The van der Waals surface area contributed by atoms with E-state index in [1.165, 1.54) is 11.3 Å². The van der Waals surface area contributed by atoms with Crippen molar-refractivity contribution in [1.82, 2.24) is 9.88 Å². The summed E-state index contributed by atoms with van der Waals surface area (Å²) in [5.74, 6) is -0.135. The Bertz CT molecular complexity index is 703. The Balaban J connectivity index is 1.78. The molecule has 0 radical (unpaired) electrons. The zero-order valence-corrected chi connectivity index (χ0v) is 13.5. The lowest BCUT2D eigenvalue weighted by molar-refractivity contribution is -0.142. The van der Waals surface area contributed by atoms with Crippen LogP contribution in [-0.2, 0) is 11.3 Å². The molecule has 0 aliphatic carbocycles. The maximum atomic E-state index is 11.3. The number of ether oxygens (including phenoxy) is 1. The second-order valence-corrected chi connectivity index (χ2v) is 6.62. The van der Waals surface area contributed by atoms with Gasteiger partial charge < -0.3 is 14.9 Å². The lowest BCUT2D eigenvalue weighted by atomic mass is 10.2. The summed E-state index contributed by atoms with van der Waals surface area (Å²) in [6, 6.07) is 7.02. The second kappa shape index (κ2) is 6.66. The number of nitrogens with zero attached hydrogens (tertiary/aromatic N) is 2. The Morgan fingerprint density at radius 2 is 2.26 bits per heavy atom. The highest BCUT2D eigenvalue weighted by atomic mass is 32.1. The van der Waals surface area contributed by atoms with Crippen LogP contribution in [0.25, 0.3) is 10.6 Å². The first-order valence-corrected chi connectivity index (χ1v) is 8.13. The number of β-amino-alcohol motifs (C(OH)–C–C–N with tert-alkyl or cyclic N) is 1. The lowest BCUT2D eigenvalue weighted by Crippen LogP contribution is -2.35. The lowest BCUT2D eigenvalue weighted by Gasteiger charge is -2.19. The first-order valence-electron chi connectivity index (χ1n) is 7.31. The standard InChI is InChI=1S/C16H18N2O4S/c1-22-14-5-3-2-4-12(14)15-17-7-11(23-15)9-18-8-10(19)6-13(18)16(20)21/h2-5,7,10,13,19H,6,8-9H2,1H3,(H,20,21)/t10-,13+/m1/s1. The zero-order chi connectivity index (χ0) is 16.4. The van der Waals surface area contributed by atoms with E-state index in [-0.39, 0.29) is 6.42 Å². The van der Waals surface area contributed by atoms with E-state index in [1.54, 1.807) is 18.2 Å². The molecular weight excluding hydrogens is 316 g/mol. The van der Waals surface area contributed by atoms with Gasteiger partial charge in [-0.3, -0.25) is 9.69 Å². The van der Waals surface area contributed by atoms with E-state index in [0.29, 0.717) is 13.1 Å². The second-order valence-electron chi connectivity index (χ2n) is 5.51. The number of hydrogen-bond acceptors (Lipinski definition) is 6. The number of methoxy groups -OCH3 is 1. The van der Waals surface area contributed by atoms with Crippen LogP contribution in [0, 0.1) is 0 Å². The number of aliphatic hydroxyl groups is 1. The van der Waals surface area contributed by atoms with Crippen LogP contribution in [0.2, 0.25) is 0 Å². The molecule has 3 rings (SSSR count). The highest BCUT2D eigenvalue weighted by molar-refractivity contribution is 7.15. The highest BCUT2D eigenvalue weighted by Gasteiger charge is 2.36. The number of benzene rings is 1. The van der Waals surface area contributed by atoms with Crippen LogP contribution in [0.4, 0.5) is 0 Å². The Kier molecular flexibility index (Phi) is 4.61. The van der Waals surface area contributed by atoms with E-state index in [1.807, 2.05) is 24.3 Å². The smallest absolute Gasteiger partial charge is 0.321 e. The molecule has 7 heteroatoms. The molecule has 2 heterocycles. The summed E-state index contributed by atoms with van der Waals surface area (Å²) in [4.78, 5) is 18.5. The van der Waals surface area contributed by atoms with Crippen molar-refractivity contribution in [3.63, 3.8) is 0 Å². The molecule has 1 aromatic carbocycles. The average molecular weight is 334 g/mol. The Morgan fingerprint density at radius 3 is 3.00 bits per heavy atom. The molecule has 1 fully saturated rings. The first-order chi connectivity index (χ1) is 11.1. The minimum atomic E-state index is -0.893. The van der Waals surface area contributed by atoms with E-state index in [4.69, 9.17) is 4.74 Å². The molecule has 1 aromatic heterocycles. The van der Waals surface area contributed by atoms with Crippen molar-refractivity contribution in [3.8, 4) is 16.3 Å². The minimum absolute atomic E-state index is 0.271. The van der Waals surface area contributed by atoms with Crippen LogP contribution in [0.1, 0.15) is 11.3 Å². The maximum absolute atomic E-state index is 11.3. The molecule has 0 unspecified atom stereocenters. The summed E-state index contributed by atoms with van der Waals surface area (Å²) in [6.45, 7) is 0.847. The monoisotopic (exact) mass is 334 g/mol. The first kappa shape index (κ1) is 15.9. The number of thiazole rings is 1. The third-order valence-corrected chi connectivity index (χ3v) is 4.93. The Hall–Kier alpha value is -1.96. The Morgan fingerprint density at radius 1 is 1.48 bits per heavy atom. The van der Waals surface area contributed by atoms with Gasteiger partial charge in [-0.2, -0.15) is 0 Å². The van der Waals surface area contributed by atoms with Crippen molar-refractivity contribution < 1.29 is 19.7 Å². The van der Waals surface area contributed by atoms with Crippen LogP contribution >= 0.6 is 11.3 Å². The van der Waals surface area contributed by atoms with Crippen molar-refractivity contribution in [1.29, 1.82) is 0 Å². The fourth-order valence-corrected chi connectivity index (χ4v) is 3.81. The highest BCUT2D eigenvalue weighted by Crippen LogP contribution is 2.33. The topological polar surface area (TPSA) is 82.9 Å². The van der Waals surface area contributed by atoms with Gasteiger partial charge in [-0.05, 0) is 12.1 Å². The predicted octanol–water partition coefficient (Wildman–Crippen LogP) is 1.84. The number of rotatable bonds is 5. The van der Waals surface area contributed by atoms with Gasteiger partial charge in [0.1, 0.15) is 16.8 Å². The van der Waals surface area contributed by atoms with Crippen molar-refractivity contribution in [2.75, 3.05) is 13.7 Å². The van der Waals surface area contributed by atoms with Gasteiger partial charge in [0, 0.05) is 30.6 Å². The molecule has 122 valence electrons. The van der Waals surface area contributed by atoms with Crippen LogP contribution < -0.4 is 4.74 Å². The van der Waals surface area contributed by atoms with Crippen molar-refractivity contribution in [2.45, 2.75) is 25.1 Å². The summed E-state index contributed by atoms with van der Waals surface area (Å²) >= 11 is 1.51. The van der Waals surface area contributed by atoms with Gasteiger partial charge in [-0.15, -0.1) is 11.3 Å². The van der Waals surface area contributed by atoms with Crippen LogP contribution in [0.5, 0.6) is 5.75 Å². The van der Waals surface area contributed by atoms with Gasteiger partial charge in [-0.1, -0.05) is 12.1 Å². The van der Waals surface area contributed by atoms with E-state index in [2.05, 4.69) is 4.98 Å². The van der Waals surface area contributed by atoms with Gasteiger partial charge in [0.15, 0.2) is 0 Å². The number of aromatic nitrogens is 1. The number of para-hydroxylation sites is 1. The van der Waals surface area contributed by atoms with Crippen molar-refractivity contribution >= 4 is 17.3 Å². The molecule has 0 spiro atoms. The van der Waals surface area contributed by atoms with Crippen LogP contribution in [0.15, 0.2) is 30.5 Å². The quantitative estimate of drug-likeness (QED) is 0.868. The molecule has 2 atom stereocenters. The van der Waals surface area contributed by atoms with Crippen LogP contribution in [0.3, 0.4) is 0 Å². The molecule has 6 nitrogen and oxygen atoms in total. The fourth-order valence-electron chi connectivity index (χ4n) is 2.84. The number of carboxylic acid groups (broad SMARTS) is 1. The van der Waals surface area contributed by atoms with E-state index < -0.39 is 18.1 Å². The number of aliphatic carboxylic acids is 1. The van der Waals surface area contributed by atoms with Crippen LogP contribution in [-0.4, -0.2) is 51.9 Å². The van der Waals surface area contributed by atoms with Gasteiger partial charge in [0.25, 0.3) is 0 Å².